The third kappa shape index (κ3) is 4.04. The van der Waals surface area contributed by atoms with Crippen molar-refractivity contribution in [2.24, 2.45) is 0 Å². The molecule has 7 nitrogen and oxygen atoms in total. The first-order valence-corrected chi connectivity index (χ1v) is 6.96. The summed E-state index contributed by atoms with van der Waals surface area (Å²) in [6.45, 7) is 2.95. The number of hydrogen-bond donors (Lipinski definition) is 2. The predicted octanol–water partition coefficient (Wildman–Crippen LogP) is 1.82. The van der Waals surface area contributed by atoms with Gasteiger partial charge in [-0.05, 0) is 21.0 Å². The van der Waals surface area contributed by atoms with Gasteiger partial charge in [-0.3, -0.25) is 0 Å². The molecule has 2 heterocycles. The van der Waals surface area contributed by atoms with Gasteiger partial charge in [0.15, 0.2) is 0 Å². The molecule has 0 spiro atoms. The van der Waals surface area contributed by atoms with Gasteiger partial charge in [-0.1, -0.05) is 5.16 Å². The van der Waals surface area contributed by atoms with Gasteiger partial charge < -0.3 is 20.1 Å². The van der Waals surface area contributed by atoms with Crippen LogP contribution in [0.2, 0.25) is 0 Å². The summed E-state index contributed by atoms with van der Waals surface area (Å²) in [6.07, 6.45) is 1.40. The van der Waals surface area contributed by atoms with Crippen molar-refractivity contribution in [3.8, 4) is 0 Å². The molecule has 0 radical (unpaired) electrons. The highest BCUT2D eigenvalue weighted by Crippen LogP contribution is 2.12. The molecule has 20 heavy (non-hydrogen) atoms. The second-order valence-corrected chi connectivity index (χ2v) is 5.53. The van der Waals surface area contributed by atoms with E-state index in [9.17, 15) is 4.79 Å². The van der Waals surface area contributed by atoms with E-state index in [-0.39, 0.29) is 6.03 Å². The van der Waals surface area contributed by atoms with Crippen LogP contribution < -0.4 is 10.6 Å². The Labute approximate surface area is 121 Å². The van der Waals surface area contributed by atoms with Crippen molar-refractivity contribution in [2.75, 3.05) is 19.4 Å². The van der Waals surface area contributed by atoms with Crippen LogP contribution in [-0.2, 0) is 13.1 Å². The van der Waals surface area contributed by atoms with Crippen LogP contribution in [0.3, 0.4) is 0 Å². The Kier molecular flexibility index (Phi) is 4.70. The van der Waals surface area contributed by atoms with Crippen LogP contribution in [0.5, 0.6) is 0 Å². The lowest BCUT2D eigenvalue weighted by Gasteiger charge is -2.06. The lowest BCUT2D eigenvalue weighted by Crippen LogP contribution is -2.28. The molecule has 0 atom stereocenters. The molecular weight excluding hydrogens is 278 g/mol. The molecule has 0 saturated heterocycles. The normalized spacial score (nSPS) is 10.8. The summed E-state index contributed by atoms with van der Waals surface area (Å²) in [5.41, 5.74) is 2.21. The predicted molar refractivity (Wildman–Crippen MR) is 76.6 cm³/mol. The van der Waals surface area contributed by atoms with Crippen LogP contribution >= 0.6 is 11.3 Å². The number of carbonyl (C=O) groups excluding carboxylic acids is 1. The van der Waals surface area contributed by atoms with Gasteiger partial charge in [0.25, 0.3) is 0 Å². The largest absolute Gasteiger partial charge is 0.362 e. The minimum atomic E-state index is -0.305. The van der Waals surface area contributed by atoms with Gasteiger partial charge in [0.2, 0.25) is 0 Å². The molecule has 0 bridgehead atoms. The summed E-state index contributed by atoms with van der Waals surface area (Å²) in [7, 11) is 3.98. The molecule has 108 valence electrons. The summed E-state index contributed by atoms with van der Waals surface area (Å²) in [4.78, 5) is 18.2. The third-order valence-corrected chi connectivity index (χ3v) is 3.37. The van der Waals surface area contributed by atoms with Crippen molar-refractivity contribution in [1.29, 1.82) is 0 Å². The van der Waals surface area contributed by atoms with Gasteiger partial charge in [-0.2, -0.15) is 0 Å². The lowest BCUT2D eigenvalue weighted by molar-refractivity contribution is 0.251. The van der Waals surface area contributed by atoms with Gasteiger partial charge in [0.1, 0.15) is 22.7 Å². The van der Waals surface area contributed by atoms with E-state index < -0.39 is 0 Å². The van der Waals surface area contributed by atoms with E-state index in [1.807, 2.05) is 24.4 Å². The third-order valence-electron chi connectivity index (χ3n) is 2.48. The summed E-state index contributed by atoms with van der Waals surface area (Å²) < 4.78 is 4.74. The molecule has 0 aliphatic rings. The van der Waals surface area contributed by atoms with E-state index in [2.05, 4.69) is 20.8 Å². The van der Waals surface area contributed by atoms with Crippen LogP contribution in [0.15, 0.2) is 16.2 Å². The maximum Gasteiger partial charge on any atom is 0.319 e. The van der Waals surface area contributed by atoms with Crippen LogP contribution in [0, 0.1) is 6.92 Å². The summed E-state index contributed by atoms with van der Waals surface area (Å²) in [5, 5.41) is 12.0. The summed E-state index contributed by atoms with van der Waals surface area (Å²) in [5.74, 6) is 0. The molecule has 0 aromatic carbocycles. The molecule has 2 amide bonds. The highest BCUT2D eigenvalue weighted by atomic mass is 32.1. The Bertz CT molecular complexity index is 578. The zero-order valence-electron chi connectivity index (χ0n) is 11.6. The molecule has 8 heteroatoms. The molecule has 2 aromatic heterocycles. The first kappa shape index (κ1) is 14.5. The zero-order valence-corrected chi connectivity index (χ0v) is 12.5. The number of aryl methyl sites for hydroxylation is 1. The second-order valence-electron chi connectivity index (χ2n) is 4.59. The van der Waals surface area contributed by atoms with E-state index in [1.165, 1.54) is 17.6 Å². The van der Waals surface area contributed by atoms with E-state index in [4.69, 9.17) is 4.52 Å². The fraction of sp³-hybridized carbons (Fsp3) is 0.417. The standard InChI is InChI=1S/C12H17N5O2S/c1-8-10(6-19-16-8)15-12(18)13-4-11-14-9(7-20-11)5-17(2)3/h6-7H,4-5H2,1-3H3,(H2,13,15,18). The molecule has 2 rings (SSSR count). The van der Waals surface area contributed by atoms with E-state index >= 15 is 0 Å². The number of carbonyl (C=O) groups is 1. The Balaban J connectivity index is 1.81. The average molecular weight is 295 g/mol. The number of hydrogen-bond acceptors (Lipinski definition) is 6. The van der Waals surface area contributed by atoms with Crippen LogP contribution in [0.4, 0.5) is 10.5 Å². The average Bonchev–Trinajstić information content (AvgIpc) is 2.97. The molecule has 0 aliphatic heterocycles. The van der Waals surface area contributed by atoms with Gasteiger partial charge >= 0.3 is 6.03 Å². The minimum absolute atomic E-state index is 0.305. The van der Waals surface area contributed by atoms with E-state index in [0.29, 0.717) is 17.9 Å². The number of thiazole rings is 1. The van der Waals surface area contributed by atoms with E-state index in [1.54, 1.807) is 6.92 Å². The molecular formula is C12H17N5O2S. The van der Waals surface area contributed by atoms with Crippen molar-refractivity contribution < 1.29 is 9.32 Å². The van der Waals surface area contributed by atoms with Crippen molar-refractivity contribution >= 4 is 23.1 Å². The van der Waals surface area contributed by atoms with Crippen LogP contribution in [-0.4, -0.2) is 35.2 Å². The molecule has 0 aliphatic carbocycles. The van der Waals surface area contributed by atoms with Gasteiger partial charge in [-0.15, -0.1) is 11.3 Å². The second kappa shape index (κ2) is 6.49. The quantitative estimate of drug-likeness (QED) is 0.879. The lowest BCUT2D eigenvalue weighted by atomic mass is 10.4. The zero-order chi connectivity index (χ0) is 14.5. The molecule has 0 saturated carbocycles. The Morgan fingerprint density at radius 1 is 1.50 bits per heavy atom. The molecule has 0 unspecified atom stereocenters. The Morgan fingerprint density at radius 3 is 2.95 bits per heavy atom. The molecule has 2 aromatic rings. The first-order valence-electron chi connectivity index (χ1n) is 6.08. The number of nitrogens with one attached hydrogen (secondary N) is 2. The topological polar surface area (TPSA) is 83.3 Å². The molecule has 0 fully saturated rings. The van der Waals surface area contributed by atoms with Crippen molar-refractivity contribution in [3.05, 3.63) is 28.0 Å². The highest BCUT2D eigenvalue weighted by Gasteiger charge is 2.08. The smallest absolute Gasteiger partial charge is 0.319 e. The highest BCUT2D eigenvalue weighted by molar-refractivity contribution is 7.09. The number of aromatic nitrogens is 2. The number of anilines is 1. The van der Waals surface area contributed by atoms with Crippen molar-refractivity contribution in [2.45, 2.75) is 20.0 Å². The number of nitrogens with zero attached hydrogens (tertiary/aromatic N) is 3. The maximum absolute atomic E-state index is 11.7. The fourth-order valence-corrected chi connectivity index (χ4v) is 2.29. The Morgan fingerprint density at radius 2 is 2.30 bits per heavy atom. The van der Waals surface area contributed by atoms with Crippen molar-refractivity contribution in [3.63, 3.8) is 0 Å². The summed E-state index contributed by atoms with van der Waals surface area (Å²) in [6, 6.07) is -0.305. The monoisotopic (exact) mass is 295 g/mol. The number of urea groups is 1. The Hall–Kier alpha value is -1.93. The van der Waals surface area contributed by atoms with Gasteiger partial charge in [0.05, 0.1) is 12.2 Å². The number of rotatable bonds is 5. The SMILES string of the molecule is Cc1nocc1NC(=O)NCc1nc(CN(C)C)cs1. The van der Waals surface area contributed by atoms with E-state index in [0.717, 1.165) is 17.2 Å². The summed E-state index contributed by atoms with van der Waals surface area (Å²) >= 11 is 1.53. The van der Waals surface area contributed by atoms with Crippen molar-refractivity contribution in [1.82, 2.24) is 20.4 Å². The van der Waals surface area contributed by atoms with Gasteiger partial charge in [0, 0.05) is 11.9 Å². The van der Waals surface area contributed by atoms with Gasteiger partial charge in [-0.25, -0.2) is 9.78 Å². The maximum atomic E-state index is 11.7. The molecule has 2 N–H and O–H groups in total. The first-order chi connectivity index (χ1) is 9.54. The fourth-order valence-electron chi connectivity index (χ4n) is 1.56. The van der Waals surface area contributed by atoms with Crippen LogP contribution in [0.25, 0.3) is 0 Å². The number of amides is 2. The van der Waals surface area contributed by atoms with Crippen LogP contribution in [0.1, 0.15) is 16.4 Å². The minimum Gasteiger partial charge on any atom is -0.362 e.